The number of amides is 2. The Bertz CT molecular complexity index is 1320. The zero-order valence-corrected chi connectivity index (χ0v) is 21.6. The van der Waals surface area contributed by atoms with Crippen molar-refractivity contribution in [1.29, 1.82) is 0 Å². The maximum absolute atomic E-state index is 13.1. The molecule has 39 heavy (non-hydrogen) atoms. The van der Waals surface area contributed by atoms with Gasteiger partial charge in [-0.2, -0.15) is 0 Å². The number of hydrogen-bond acceptors (Lipinski definition) is 7. The number of likely N-dealkylation sites (tertiary alicyclic amines) is 1. The summed E-state index contributed by atoms with van der Waals surface area (Å²) in [5, 5.41) is 19.3. The quantitative estimate of drug-likeness (QED) is 0.448. The standard InChI is InChI=1S/C31H32N2O6/c34-18-20-10-12-21(13-11-20)28-16-25(17-32-14-4-7-24(32)19-35)38-31(39-28)22-5-3-6-23(15-22)33-29(36)26-8-1-2-9-27(26)30(33)37/h1-3,5-6,8-13,15,24-25,28,31,34-35H,4,7,14,16-19H2/t24-,25+,28-,31-/m0/s1. The molecule has 2 saturated heterocycles. The SMILES string of the molecule is O=C1c2ccccc2C(=O)N1c1cccc([C@H]2O[C@@H](CN3CCC[C@H]3CO)C[C@@H](c3ccc(CO)cc3)O2)c1. The van der Waals surface area contributed by atoms with Gasteiger partial charge in [-0.1, -0.05) is 48.5 Å². The highest BCUT2D eigenvalue weighted by Crippen LogP contribution is 2.40. The molecule has 4 atom stereocenters. The van der Waals surface area contributed by atoms with E-state index in [2.05, 4.69) is 4.90 Å². The highest BCUT2D eigenvalue weighted by molar-refractivity contribution is 6.34. The lowest BCUT2D eigenvalue weighted by Gasteiger charge is -2.38. The van der Waals surface area contributed by atoms with Crippen LogP contribution in [0, 0.1) is 0 Å². The van der Waals surface area contributed by atoms with Gasteiger partial charge in [-0.25, -0.2) is 4.90 Å². The predicted octanol–water partition coefficient (Wildman–Crippen LogP) is 3.98. The fourth-order valence-electron chi connectivity index (χ4n) is 5.87. The van der Waals surface area contributed by atoms with Crippen molar-refractivity contribution in [2.75, 3.05) is 24.6 Å². The van der Waals surface area contributed by atoms with Crippen molar-refractivity contribution in [3.63, 3.8) is 0 Å². The first-order valence-corrected chi connectivity index (χ1v) is 13.5. The fourth-order valence-corrected chi connectivity index (χ4v) is 5.87. The number of fused-ring (bicyclic) bond motifs is 1. The van der Waals surface area contributed by atoms with Gasteiger partial charge in [0, 0.05) is 24.6 Å². The Morgan fingerprint density at radius 1 is 0.846 bits per heavy atom. The van der Waals surface area contributed by atoms with Crippen LogP contribution in [0.4, 0.5) is 5.69 Å². The van der Waals surface area contributed by atoms with Crippen molar-refractivity contribution >= 4 is 17.5 Å². The van der Waals surface area contributed by atoms with Crippen LogP contribution in [0.2, 0.25) is 0 Å². The van der Waals surface area contributed by atoms with Gasteiger partial charge in [0.2, 0.25) is 0 Å². The van der Waals surface area contributed by atoms with E-state index in [0.29, 0.717) is 35.3 Å². The Kier molecular flexibility index (Phi) is 7.29. The van der Waals surface area contributed by atoms with E-state index in [1.165, 1.54) is 4.90 Å². The van der Waals surface area contributed by atoms with Gasteiger partial charge in [-0.3, -0.25) is 14.5 Å². The smallest absolute Gasteiger partial charge is 0.266 e. The molecule has 8 heteroatoms. The minimum absolute atomic E-state index is 0.0255. The second-order valence-corrected chi connectivity index (χ2v) is 10.4. The number of anilines is 1. The Labute approximate surface area is 227 Å². The highest BCUT2D eigenvalue weighted by atomic mass is 16.7. The van der Waals surface area contributed by atoms with Gasteiger partial charge in [0.25, 0.3) is 11.8 Å². The molecule has 2 fully saturated rings. The normalized spacial score (nSPS) is 25.3. The summed E-state index contributed by atoms with van der Waals surface area (Å²) in [5.41, 5.74) is 3.79. The van der Waals surface area contributed by atoms with Crippen molar-refractivity contribution in [3.05, 3.63) is 101 Å². The monoisotopic (exact) mass is 528 g/mol. The fraction of sp³-hybridized carbons (Fsp3) is 0.355. The average Bonchev–Trinajstić information content (AvgIpc) is 3.54. The molecule has 0 radical (unpaired) electrons. The van der Waals surface area contributed by atoms with Gasteiger partial charge in [-0.05, 0) is 54.8 Å². The van der Waals surface area contributed by atoms with Crippen LogP contribution in [0.3, 0.4) is 0 Å². The topological polar surface area (TPSA) is 99.5 Å². The van der Waals surface area contributed by atoms with Crippen molar-refractivity contribution < 1.29 is 29.3 Å². The van der Waals surface area contributed by atoms with Crippen LogP contribution >= 0.6 is 0 Å². The number of imide groups is 1. The first-order chi connectivity index (χ1) is 19.1. The number of carbonyl (C=O) groups is 2. The number of nitrogens with zero attached hydrogens (tertiary/aromatic N) is 2. The highest BCUT2D eigenvalue weighted by Gasteiger charge is 2.38. The molecule has 3 aromatic rings. The lowest BCUT2D eigenvalue weighted by molar-refractivity contribution is -0.253. The van der Waals surface area contributed by atoms with Crippen LogP contribution < -0.4 is 4.90 Å². The molecule has 0 aliphatic carbocycles. The van der Waals surface area contributed by atoms with Crippen LogP contribution in [0.1, 0.15) is 69.1 Å². The molecule has 3 heterocycles. The first kappa shape index (κ1) is 25.9. The molecular weight excluding hydrogens is 496 g/mol. The summed E-state index contributed by atoms with van der Waals surface area (Å²) in [6, 6.07) is 21.9. The molecule has 8 nitrogen and oxygen atoms in total. The number of hydrogen-bond donors (Lipinski definition) is 2. The Balaban J connectivity index is 1.28. The van der Waals surface area contributed by atoms with E-state index in [1.807, 2.05) is 30.3 Å². The summed E-state index contributed by atoms with van der Waals surface area (Å²) in [6.45, 7) is 1.69. The molecule has 202 valence electrons. The molecule has 3 aliphatic heterocycles. The van der Waals surface area contributed by atoms with Gasteiger partial charge in [-0.15, -0.1) is 0 Å². The summed E-state index contributed by atoms with van der Waals surface area (Å²) >= 11 is 0. The third-order valence-corrected chi connectivity index (χ3v) is 7.96. The van der Waals surface area contributed by atoms with E-state index in [1.54, 1.807) is 42.5 Å². The van der Waals surface area contributed by atoms with E-state index in [0.717, 1.165) is 30.5 Å². The number of benzene rings is 3. The third kappa shape index (κ3) is 5.02. The summed E-state index contributed by atoms with van der Waals surface area (Å²) in [7, 11) is 0. The molecule has 6 rings (SSSR count). The van der Waals surface area contributed by atoms with Gasteiger partial charge in [0.1, 0.15) is 0 Å². The molecule has 0 unspecified atom stereocenters. The Morgan fingerprint density at radius 3 is 2.28 bits per heavy atom. The van der Waals surface area contributed by atoms with Crippen LogP contribution in [-0.4, -0.2) is 58.8 Å². The molecule has 2 N–H and O–H groups in total. The second kappa shape index (κ2) is 11.0. The maximum Gasteiger partial charge on any atom is 0.266 e. The molecule has 0 aromatic heterocycles. The molecule has 0 spiro atoms. The van der Waals surface area contributed by atoms with Crippen molar-refractivity contribution in [1.82, 2.24) is 4.90 Å². The Morgan fingerprint density at radius 2 is 1.59 bits per heavy atom. The number of carbonyl (C=O) groups excluding carboxylic acids is 2. The minimum atomic E-state index is -0.711. The van der Waals surface area contributed by atoms with E-state index in [9.17, 15) is 19.8 Å². The van der Waals surface area contributed by atoms with Gasteiger partial charge >= 0.3 is 0 Å². The number of aliphatic hydroxyl groups is 2. The van der Waals surface area contributed by atoms with Crippen LogP contribution in [-0.2, 0) is 16.1 Å². The predicted molar refractivity (Wildman–Crippen MR) is 144 cm³/mol. The first-order valence-electron chi connectivity index (χ1n) is 13.5. The molecule has 0 saturated carbocycles. The Hall–Kier alpha value is -3.40. The molecular formula is C31H32N2O6. The van der Waals surface area contributed by atoms with Crippen molar-refractivity contribution in [2.45, 2.75) is 50.4 Å². The van der Waals surface area contributed by atoms with Gasteiger partial charge < -0.3 is 19.7 Å². The summed E-state index contributed by atoms with van der Waals surface area (Å²) in [6.07, 6.45) is 1.54. The summed E-state index contributed by atoms with van der Waals surface area (Å²) in [5.74, 6) is -0.691. The summed E-state index contributed by atoms with van der Waals surface area (Å²) in [4.78, 5) is 29.7. The lowest BCUT2D eigenvalue weighted by Crippen LogP contribution is -2.42. The van der Waals surface area contributed by atoms with Gasteiger partial charge in [0.15, 0.2) is 6.29 Å². The van der Waals surface area contributed by atoms with E-state index >= 15 is 0 Å². The van der Waals surface area contributed by atoms with E-state index in [-0.39, 0.29) is 43.3 Å². The second-order valence-electron chi connectivity index (χ2n) is 10.4. The van der Waals surface area contributed by atoms with Crippen LogP contribution in [0.5, 0.6) is 0 Å². The number of rotatable bonds is 7. The molecule has 0 bridgehead atoms. The van der Waals surface area contributed by atoms with Crippen LogP contribution in [0.15, 0.2) is 72.8 Å². The van der Waals surface area contributed by atoms with E-state index in [4.69, 9.17) is 9.47 Å². The largest absolute Gasteiger partial charge is 0.395 e. The lowest BCUT2D eigenvalue weighted by atomic mass is 9.99. The molecule has 3 aliphatic rings. The number of aliphatic hydroxyl groups excluding tert-OH is 2. The zero-order chi connectivity index (χ0) is 26.9. The van der Waals surface area contributed by atoms with Crippen molar-refractivity contribution in [2.24, 2.45) is 0 Å². The average molecular weight is 529 g/mol. The van der Waals surface area contributed by atoms with Crippen LogP contribution in [0.25, 0.3) is 0 Å². The summed E-state index contributed by atoms with van der Waals surface area (Å²) < 4.78 is 13.0. The zero-order valence-electron chi connectivity index (χ0n) is 21.6. The number of ether oxygens (including phenoxy) is 2. The molecule has 2 amide bonds. The maximum atomic E-state index is 13.1. The molecule has 3 aromatic carbocycles. The van der Waals surface area contributed by atoms with E-state index < -0.39 is 6.29 Å². The van der Waals surface area contributed by atoms with Crippen molar-refractivity contribution in [3.8, 4) is 0 Å². The third-order valence-electron chi connectivity index (χ3n) is 7.96. The van der Waals surface area contributed by atoms with Gasteiger partial charge in [0.05, 0.1) is 42.2 Å². The minimum Gasteiger partial charge on any atom is -0.395 e.